The monoisotopic (exact) mass is 363 g/mol. The van der Waals surface area contributed by atoms with Gasteiger partial charge in [-0.1, -0.05) is 71.8 Å². The second-order valence-electron chi connectivity index (χ2n) is 7.60. The summed E-state index contributed by atoms with van der Waals surface area (Å²) in [6.07, 6.45) is 0. The van der Waals surface area contributed by atoms with E-state index >= 15 is 0 Å². The van der Waals surface area contributed by atoms with Gasteiger partial charge in [0.25, 0.3) is 0 Å². The zero-order valence-corrected chi connectivity index (χ0v) is 16.7. The molecule has 0 unspecified atom stereocenters. The largest absolute Gasteiger partial charge is 0.398 e. The van der Waals surface area contributed by atoms with E-state index in [1.165, 1.54) is 38.9 Å². The van der Waals surface area contributed by atoms with E-state index in [1.54, 1.807) is 0 Å². The molecule has 0 fully saturated rings. The summed E-state index contributed by atoms with van der Waals surface area (Å²) in [5.41, 5.74) is 17.9. The van der Waals surface area contributed by atoms with Gasteiger partial charge in [0.05, 0.1) is 0 Å². The topological polar surface area (TPSA) is 26.0 Å². The maximum atomic E-state index is 6.19. The molecule has 0 spiro atoms. The smallest absolute Gasteiger partial charge is 0.0349 e. The van der Waals surface area contributed by atoms with Crippen LogP contribution in [0.2, 0.25) is 0 Å². The van der Waals surface area contributed by atoms with Crippen molar-refractivity contribution in [3.05, 3.63) is 102 Å². The Bertz CT molecular complexity index is 1060. The highest BCUT2D eigenvalue weighted by Crippen LogP contribution is 2.34. The molecule has 0 aliphatic rings. The number of aryl methyl sites for hydroxylation is 3. The molecule has 4 aromatic carbocycles. The second-order valence-corrected chi connectivity index (χ2v) is 7.60. The van der Waals surface area contributed by atoms with Crippen LogP contribution in [0.3, 0.4) is 0 Å². The van der Waals surface area contributed by atoms with E-state index in [4.69, 9.17) is 5.73 Å². The van der Waals surface area contributed by atoms with Crippen molar-refractivity contribution in [2.24, 2.45) is 0 Å². The van der Waals surface area contributed by atoms with Gasteiger partial charge in [0.2, 0.25) is 0 Å². The third-order valence-corrected chi connectivity index (χ3v) is 5.32. The third-order valence-electron chi connectivity index (χ3n) is 5.32. The van der Waals surface area contributed by atoms with Crippen molar-refractivity contribution in [3.8, 4) is 33.4 Å². The first-order chi connectivity index (χ1) is 13.5. The number of hydrogen-bond donors (Lipinski definition) is 1. The van der Waals surface area contributed by atoms with Crippen molar-refractivity contribution in [3.63, 3.8) is 0 Å². The van der Waals surface area contributed by atoms with Crippen molar-refractivity contribution in [1.29, 1.82) is 0 Å². The highest BCUT2D eigenvalue weighted by molar-refractivity contribution is 5.82. The van der Waals surface area contributed by atoms with E-state index in [0.717, 1.165) is 16.8 Å². The molecule has 0 aliphatic heterocycles. The summed E-state index contributed by atoms with van der Waals surface area (Å²) >= 11 is 0. The molecule has 0 saturated carbocycles. The van der Waals surface area contributed by atoms with Crippen molar-refractivity contribution in [2.75, 3.05) is 5.73 Å². The van der Waals surface area contributed by atoms with E-state index in [0.29, 0.717) is 0 Å². The minimum Gasteiger partial charge on any atom is -0.398 e. The summed E-state index contributed by atoms with van der Waals surface area (Å²) < 4.78 is 0. The number of benzene rings is 4. The van der Waals surface area contributed by atoms with Crippen molar-refractivity contribution in [2.45, 2.75) is 20.8 Å². The number of anilines is 1. The van der Waals surface area contributed by atoms with E-state index in [9.17, 15) is 0 Å². The van der Waals surface area contributed by atoms with E-state index in [-0.39, 0.29) is 0 Å². The molecule has 0 aliphatic carbocycles. The fourth-order valence-corrected chi connectivity index (χ4v) is 3.44. The van der Waals surface area contributed by atoms with Crippen LogP contribution in [0.1, 0.15) is 16.7 Å². The third kappa shape index (κ3) is 3.70. The predicted molar refractivity (Wildman–Crippen MR) is 121 cm³/mol. The average molecular weight is 364 g/mol. The lowest BCUT2D eigenvalue weighted by atomic mass is 9.92. The Labute approximate surface area is 167 Å². The normalized spacial score (nSPS) is 10.8. The molecule has 0 bridgehead atoms. The summed E-state index contributed by atoms with van der Waals surface area (Å²) in [6, 6.07) is 30.5. The molecule has 1 nitrogen and oxygen atoms in total. The van der Waals surface area contributed by atoms with E-state index < -0.39 is 0 Å². The zero-order chi connectivity index (χ0) is 19.7. The van der Waals surface area contributed by atoms with Gasteiger partial charge in [0.1, 0.15) is 0 Å². The minimum absolute atomic E-state index is 0.829. The first kappa shape index (κ1) is 18.1. The van der Waals surface area contributed by atoms with Crippen molar-refractivity contribution < 1.29 is 0 Å². The van der Waals surface area contributed by atoms with Gasteiger partial charge in [0.15, 0.2) is 0 Å². The lowest BCUT2D eigenvalue weighted by Gasteiger charge is -2.13. The standard InChI is InChI=1S/C27H25N/c1-18-4-9-21(10-5-18)24-14-25(22-11-6-19(2)7-12-22)16-26(15-24)23-13-8-20(3)27(28)17-23/h4-17H,28H2,1-3H3. The first-order valence-electron chi connectivity index (χ1n) is 9.65. The molecule has 0 saturated heterocycles. The SMILES string of the molecule is Cc1ccc(-c2cc(-c3ccc(C)cc3)cc(-c3ccc(C)c(N)c3)c2)cc1. The van der Waals surface area contributed by atoms with Gasteiger partial charge in [0, 0.05) is 5.69 Å². The average Bonchev–Trinajstić information content (AvgIpc) is 2.71. The number of rotatable bonds is 3. The van der Waals surface area contributed by atoms with Crippen LogP contribution >= 0.6 is 0 Å². The van der Waals surface area contributed by atoms with Crippen molar-refractivity contribution >= 4 is 5.69 Å². The van der Waals surface area contributed by atoms with Crippen LogP contribution in [0.4, 0.5) is 5.69 Å². The maximum absolute atomic E-state index is 6.19. The zero-order valence-electron chi connectivity index (χ0n) is 16.7. The fraction of sp³-hybridized carbons (Fsp3) is 0.111. The van der Waals surface area contributed by atoms with E-state index in [2.05, 4.69) is 98.8 Å². The molecule has 0 heterocycles. The first-order valence-corrected chi connectivity index (χ1v) is 9.65. The van der Waals surface area contributed by atoms with Crippen LogP contribution in [0.15, 0.2) is 84.9 Å². The summed E-state index contributed by atoms with van der Waals surface area (Å²) in [6.45, 7) is 6.28. The lowest BCUT2D eigenvalue weighted by molar-refractivity contribution is 1.45. The molecular formula is C27H25N. The molecule has 0 radical (unpaired) electrons. The Morgan fingerprint density at radius 3 is 1.25 bits per heavy atom. The summed E-state index contributed by atoms with van der Waals surface area (Å²) in [4.78, 5) is 0. The number of nitrogens with two attached hydrogens (primary N) is 1. The molecule has 0 atom stereocenters. The molecule has 1 heteroatoms. The summed E-state index contributed by atoms with van der Waals surface area (Å²) in [5.74, 6) is 0. The van der Waals surface area contributed by atoms with Crippen LogP contribution in [-0.2, 0) is 0 Å². The van der Waals surface area contributed by atoms with E-state index in [1.807, 2.05) is 6.92 Å². The second kappa shape index (κ2) is 7.36. The van der Waals surface area contributed by atoms with Gasteiger partial charge in [-0.3, -0.25) is 0 Å². The number of hydrogen-bond acceptors (Lipinski definition) is 1. The molecule has 4 aromatic rings. The Hall–Kier alpha value is -3.32. The van der Waals surface area contributed by atoms with Crippen LogP contribution in [-0.4, -0.2) is 0 Å². The fourth-order valence-electron chi connectivity index (χ4n) is 3.44. The highest BCUT2D eigenvalue weighted by Gasteiger charge is 2.08. The number of nitrogen functional groups attached to an aromatic ring is 1. The van der Waals surface area contributed by atoms with Gasteiger partial charge >= 0.3 is 0 Å². The summed E-state index contributed by atoms with van der Waals surface area (Å²) in [5, 5.41) is 0. The Morgan fingerprint density at radius 2 is 0.821 bits per heavy atom. The van der Waals surface area contributed by atoms with Gasteiger partial charge in [-0.05, 0) is 84.0 Å². The Kier molecular flexibility index (Phi) is 4.75. The quantitative estimate of drug-likeness (QED) is 0.383. The predicted octanol–water partition coefficient (Wildman–Crippen LogP) is 7.20. The lowest BCUT2D eigenvalue weighted by Crippen LogP contribution is -1.91. The Morgan fingerprint density at radius 1 is 0.429 bits per heavy atom. The molecule has 28 heavy (non-hydrogen) atoms. The van der Waals surface area contributed by atoms with Crippen LogP contribution in [0.5, 0.6) is 0 Å². The molecule has 2 N–H and O–H groups in total. The van der Waals surface area contributed by atoms with Gasteiger partial charge in [-0.2, -0.15) is 0 Å². The van der Waals surface area contributed by atoms with Crippen LogP contribution in [0.25, 0.3) is 33.4 Å². The maximum Gasteiger partial charge on any atom is 0.0349 e. The van der Waals surface area contributed by atoms with Gasteiger partial charge in [-0.25, -0.2) is 0 Å². The molecule has 138 valence electrons. The van der Waals surface area contributed by atoms with Crippen LogP contribution in [0, 0.1) is 20.8 Å². The molecule has 0 aromatic heterocycles. The Balaban J connectivity index is 1.90. The molecular weight excluding hydrogens is 338 g/mol. The highest BCUT2D eigenvalue weighted by atomic mass is 14.6. The van der Waals surface area contributed by atoms with Crippen molar-refractivity contribution in [1.82, 2.24) is 0 Å². The minimum atomic E-state index is 0.829. The summed E-state index contributed by atoms with van der Waals surface area (Å²) in [7, 11) is 0. The van der Waals surface area contributed by atoms with Crippen LogP contribution < -0.4 is 5.73 Å². The molecule has 4 rings (SSSR count). The molecule has 0 amide bonds. The van der Waals surface area contributed by atoms with Gasteiger partial charge < -0.3 is 5.73 Å². The van der Waals surface area contributed by atoms with Gasteiger partial charge in [-0.15, -0.1) is 0 Å².